The number of rotatable bonds is 73. The first-order valence-corrected chi connectivity index (χ1v) is 35.2. The van der Waals surface area contributed by atoms with Crippen molar-refractivity contribution < 1.29 is 43.1 Å². The summed E-state index contributed by atoms with van der Waals surface area (Å²) in [5.41, 5.74) is -0.601. The Balaban J connectivity index is 4.66. The van der Waals surface area contributed by atoms with Gasteiger partial charge in [0.25, 0.3) is 0 Å². The standard InChI is InChI=1S/C71H137N3O9/c1-4-7-10-13-16-19-22-25-28-31-34-37-40-43-46-56-81-67-72-53-49-59-77-63-71(66-80-62-52-70(75)76,64-78-60-50-54-73-68-82-57-47-44-41-38-35-32-29-26-23-20-17-14-11-8-5-2)65-79-61-51-55-74-69-83-58-48-45-42-39-36-33-30-27-24-21-18-15-12-9-6-3/h25-30,67,73-74H,4-24,31-66,68-69H2,1-3H3,(H,75,76)/b28-25+,29-26+,30-27+,72-67+. The first kappa shape index (κ1) is 80.8. The van der Waals surface area contributed by atoms with Gasteiger partial charge in [0.05, 0.1) is 64.9 Å². The number of unbranched alkanes of at least 4 members (excludes halogenated alkanes) is 33. The van der Waals surface area contributed by atoms with Crippen LogP contribution in [0, 0.1) is 5.41 Å². The van der Waals surface area contributed by atoms with E-state index in [0.29, 0.717) is 66.3 Å². The molecule has 0 rings (SSSR count). The maximum atomic E-state index is 11.4. The molecule has 12 nitrogen and oxygen atoms in total. The van der Waals surface area contributed by atoms with Gasteiger partial charge in [-0.25, -0.2) is 0 Å². The largest absolute Gasteiger partial charge is 0.483 e. The van der Waals surface area contributed by atoms with Crippen LogP contribution in [0.15, 0.2) is 41.4 Å². The summed E-state index contributed by atoms with van der Waals surface area (Å²) in [7, 11) is 0. The molecule has 0 radical (unpaired) electrons. The first-order chi connectivity index (χ1) is 41.1. The van der Waals surface area contributed by atoms with Gasteiger partial charge in [0.15, 0.2) is 6.40 Å². The van der Waals surface area contributed by atoms with E-state index in [9.17, 15) is 9.90 Å². The van der Waals surface area contributed by atoms with Crippen molar-refractivity contribution in [2.75, 3.05) is 106 Å². The Morgan fingerprint density at radius 2 is 0.663 bits per heavy atom. The number of hydrogen-bond donors (Lipinski definition) is 3. The van der Waals surface area contributed by atoms with E-state index in [1.165, 1.54) is 231 Å². The van der Waals surface area contributed by atoms with Crippen molar-refractivity contribution in [2.24, 2.45) is 10.4 Å². The van der Waals surface area contributed by atoms with E-state index in [1.807, 2.05) is 0 Å². The van der Waals surface area contributed by atoms with Crippen LogP contribution in [0.2, 0.25) is 0 Å². The molecule has 0 amide bonds. The molecule has 3 N–H and O–H groups in total. The molecule has 0 aromatic carbocycles. The number of allylic oxidation sites excluding steroid dienone is 6. The zero-order chi connectivity index (χ0) is 59.8. The SMILES string of the molecule is CCCCCCCC/C=C/CCCCCCCO/C=N/CCCOCC(COCCCNCOCCCCCCC/C=C/CCCCCCCC)(COCCCNCOCCCCCCC/C=C/CCCCCCCC)COCCC(=O)O. The lowest BCUT2D eigenvalue weighted by Gasteiger charge is -2.33. The van der Waals surface area contributed by atoms with E-state index in [0.717, 1.165) is 64.8 Å². The third-order valence-corrected chi connectivity index (χ3v) is 15.1. The predicted octanol–water partition coefficient (Wildman–Crippen LogP) is 18.8. The summed E-state index contributed by atoms with van der Waals surface area (Å²) in [6.45, 7) is 15.5. The van der Waals surface area contributed by atoms with Crippen LogP contribution in [-0.2, 0) is 38.0 Å². The zero-order valence-corrected chi connectivity index (χ0v) is 54.9. The average Bonchev–Trinajstić information content (AvgIpc) is 3.50. The Hall–Kier alpha value is -2.16. The summed E-state index contributed by atoms with van der Waals surface area (Å²) in [5.74, 6) is -0.884. The zero-order valence-electron chi connectivity index (χ0n) is 54.9. The molecule has 0 unspecified atom stereocenters. The van der Waals surface area contributed by atoms with Crippen LogP contribution in [0.5, 0.6) is 0 Å². The average molecular weight is 1180 g/mol. The van der Waals surface area contributed by atoms with Gasteiger partial charge in [0, 0.05) is 39.6 Å². The van der Waals surface area contributed by atoms with Crippen molar-refractivity contribution in [1.29, 1.82) is 0 Å². The van der Waals surface area contributed by atoms with Crippen LogP contribution >= 0.6 is 0 Å². The van der Waals surface area contributed by atoms with Crippen molar-refractivity contribution in [3.05, 3.63) is 36.5 Å². The summed E-state index contributed by atoms with van der Waals surface area (Å²) in [5, 5.41) is 16.1. The summed E-state index contributed by atoms with van der Waals surface area (Å²) in [4.78, 5) is 15.8. The second kappa shape index (κ2) is 72.3. The van der Waals surface area contributed by atoms with E-state index in [1.54, 1.807) is 6.40 Å². The monoisotopic (exact) mass is 1180 g/mol. The Kier molecular flexibility index (Phi) is 70.4. The second-order valence-electron chi connectivity index (χ2n) is 23.7. The number of nitrogens with one attached hydrogen (secondary N) is 2. The molecule has 12 heteroatoms. The fourth-order valence-corrected chi connectivity index (χ4v) is 9.82. The molecule has 0 fully saturated rings. The van der Waals surface area contributed by atoms with Gasteiger partial charge in [0.1, 0.15) is 0 Å². The van der Waals surface area contributed by atoms with Gasteiger partial charge >= 0.3 is 5.97 Å². The molecular weight excluding hydrogens is 1040 g/mol. The Labute approximate surface area is 513 Å². The highest BCUT2D eigenvalue weighted by Gasteiger charge is 2.32. The maximum absolute atomic E-state index is 11.4. The predicted molar refractivity (Wildman–Crippen MR) is 353 cm³/mol. The third kappa shape index (κ3) is 68.8. The fourth-order valence-electron chi connectivity index (χ4n) is 9.82. The molecule has 0 aliphatic rings. The van der Waals surface area contributed by atoms with Crippen LogP contribution in [-0.4, -0.2) is 123 Å². The molecule has 0 aromatic rings. The van der Waals surface area contributed by atoms with Gasteiger partial charge in [-0.05, 0) is 129 Å². The normalized spacial score (nSPS) is 12.3. The van der Waals surface area contributed by atoms with Crippen LogP contribution in [0.4, 0.5) is 0 Å². The van der Waals surface area contributed by atoms with E-state index >= 15 is 0 Å². The van der Waals surface area contributed by atoms with Gasteiger partial charge in [-0.3, -0.25) is 20.4 Å². The van der Waals surface area contributed by atoms with Gasteiger partial charge < -0.3 is 38.3 Å². The molecule has 0 aliphatic heterocycles. The summed E-state index contributed by atoms with van der Waals surface area (Å²) in [6.07, 6.45) is 68.6. The lowest BCUT2D eigenvalue weighted by molar-refractivity contribution is -0.140. The number of ether oxygens (including phenoxy) is 7. The van der Waals surface area contributed by atoms with Gasteiger partial charge in [0.2, 0.25) is 0 Å². The van der Waals surface area contributed by atoms with E-state index < -0.39 is 11.4 Å². The molecule has 0 aromatic heterocycles. The first-order valence-electron chi connectivity index (χ1n) is 35.2. The van der Waals surface area contributed by atoms with Crippen molar-refractivity contribution in [1.82, 2.24) is 10.6 Å². The molecule has 0 saturated carbocycles. The molecule has 0 spiro atoms. The van der Waals surface area contributed by atoms with Crippen LogP contribution in [0.1, 0.15) is 297 Å². The summed E-state index contributed by atoms with van der Waals surface area (Å²) in [6, 6.07) is 0. The Morgan fingerprint density at radius 1 is 0.361 bits per heavy atom. The molecule has 0 aliphatic carbocycles. The van der Waals surface area contributed by atoms with Gasteiger partial charge in [-0.2, -0.15) is 0 Å². The van der Waals surface area contributed by atoms with Crippen molar-refractivity contribution in [3.8, 4) is 0 Å². The van der Waals surface area contributed by atoms with Crippen molar-refractivity contribution >= 4 is 12.4 Å². The van der Waals surface area contributed by atoms with Crippen molar-refractivity contribution in [3.63, 3.8) is 0 Å². The van der Waals surface area contributed by atoms with E-state index in [4.69, 9.17) is 33.2 Å². The van der Waals surface area contributed by atoms with E-state index in [-0.39, 0.29) is 19.6 Å². The number of aliphatic imine (C=N–C) groups is 1. The smallest absolute Gasteiger partial charge is 0.305 e. The number of hydrogen-bond acceptors (Lipinski definition) is 11. The molecular formula is C71H137N3O9. The number of carboxylic acid groups (broad SMARTS) is 1. The maximum Gasteiger partial charge on any atom is 0.305 e. The third-order valence-electron chi connectivity index (χ3n) is 15.1. The second-order valence-corrected chi connectivity index (χ2v) is 23.7. The van der Waals surface area contributed by atoms with Gasteiger partial charge in [-0.15, -0.1) is 0 Å². The van der Waals surface area contributed by atoms with E-state index in [2.05, 4.69) is 72.9 Å². The lowest BCUT2D eigenvalue weighted by atomic mass is 9.92. The minimum Gasteiger partial charge on any atom is -0.483 e. The minimum atomic E-state index is -0.884. The molecule has 0 atom stereocenters. The molecule has 83 heavy (non-hydrogen) atoms. The highest BCUT2D eigenvalue weighted by molar-refractivity contribution is 5.66. The topological polar surface area (TPSA) is 138 Å². The van der Waals surface area contributed by atoms with Gasteiger partial charge in [-0.1, -0.05) is 211 Å². The summed E-state index contributed by atoms with van der Waals surface area (Å²) >= 11 is 0. The van der Waals surface area contributed by atoms with Crippen LogP contribution in [0.3, 0.4) is 0 Å². The highest BCUT2D eigenvalue weighted by Crippen LogP contribution is 2.22. The van der Waals surface area contributed by atoms with Crippen LogP contribution < -0.4 is 10.6 Å². The number of carboxylic acids is 1. The Bertz CT molecular complexity index is 1310. The van der Waals surface area contributed by atoms with Crippen molar-refractivity contribution in [2.45, 2.75) is 297 Å². The number of aliphatic carboxylic acids is 1. The Morgan fingerprint density at radius 3 is 1.02 bits per heavy atom. The number of nitrogens with zero attached hydrogens (tertiary/aromatic N) is 1. The molecule has 0 bridgehead atoms. The fraction of sp³-hybridized carbons (Fsp3) is 0.887. The highest BCUT2D eigenvalue weighted by atomic mass is 16.5. The molecule has 490 valence electrons. The minimum absolute atomic E-state index is 0.0635. The quantitative estimate of drug-likeness (QED) is 0.0176. The molecule has 0 heterocycles. The summed E-state index contributed by atoms with van der Waals surface area (Å²) < 4.78 is 42.3. The lowest BCUT2D eigenvalue weighted by Crippen LogP contribution is -2.42. The number of carbonyl (C=O) groups is 1. The molecule has 0 saturated heterocycles. The van der Waals surface area contributed by atoms with Crippen LogP contribution in [0.25, 0.3) is 0 Å².